The first-order valence-electron chi connectivity index (χ1n) is 5.49. The van der Waals surface area contributed by atoms with Crippen molar-refractivity contribution >= 4 is 22.0 Å². The van der Waals surface area contributed by atoms with Crippen molar-refractivity contribution in [2.24, 2.45) is 0 Å². The smallest absolute Gasteiger partial charge is 0.314 e. The number of hydrogen-bond donors (Lipinski definition) is 4. The molecule has 18 heavy (non-hydrogen) atoms. The predicted molar refractivity (Wildman–Crippen MR) is 65.7 cm³/mol. The molecule has 0 atom stereocenters. The summed E-state index contributed by atoms with van der Waals surface area (Å²) in [6.45, 7) is 0.706. The molecular weight excluding hydrogens is 262 g/mol. The minimum absolute atomic E-state index is 0.0849. The molecular formula is C9H19N3O5S. The van der Waals surface area contributed by atoms with Gasteiger partial charge in [0, 0.05) is 26.1 Å². The van der Waals surface area contributed by atoms with Gasteiger partial charge in [-0.25, -0.2) is 17.9 Å². The highest BCUT2D eigenvalue weighted by atomic mass is 32.2. The van der Waals surface area contributed by atoms with Gasteiger partial charge in [-0.2, -0.15) is 0 Å². The van der Waals surface area contributed by atoms with Crippen molar-refractivity contribution in [1.29, 1.82) is 0 Å². The normalized spacial score (nSPS) is 10.9. The van der Waals surface area contributed by atoms with E-state index in [0.29, 0.717) is 19.4 Å². The summed E-state index contributed by atoms with van der Waals surface area (Å²) in [5.41, 5.74) is 0. The SMILES string of the molecule is CS(=O)(=O)NCCNC(=O)NCCCCC(=O)O. The molecule has 0 aromatic rings. The number of nitrogens with one attached hydrogen (secondary N) is 3. The van der Waals surface area contributed by atoms with E-state index >= 15 is 0 Å². The van der Waals surface area contributed by atoms with Crippen LogP contribution in [0.25, 0.3) is 0 Å². The highest BCUT2D eigenvalue weighted by Crippen LogP contribution is 1.92. The van der Waals surface area contributed by atoms with Crippen LogP contribution in [0.2, 0.25) is 0 Å². The van der Waals surface area contributed by atoms with Crippen LogP contribution in [0, 0.1) is 0 Å². The summed E-state index contributed by atoms with van der Waals surface area (Å²) in [4.78, 5) is 21.3. The van der Waals surface area contributed by atoms with Crippen LogP contribution >= 0.6 is 0 Å². The second-order valence-corrected chi connectivity index (χ2v) is 5.53. The molecule has 0 saturated carbocycles. The fourth-order valence-electron chi connectivity index (χ4n) is 1.08. The highest BCUT2D eigenvalue weighted by Gasteiger charge is 2.02. The third-order valence-corrected chi connectivity index (χ3v) is 2.61. The minimum Gasteiger partial charge on any atom is -0.481 e. The average molecular weight is 281 g/mol. The van der Waals surface area contributed by atoms with E-state index in [0.717, 1.165) is 6.26 Å². The first-order chi connectivity index (χ1) is 8.31. The number of urea groups is 1. The third kappa shape index (κ3) is 12.7. The second kappa shape index (κ2) is 8.70. The first kappa shape index (κ1) is 16.6. The topological polar surface area (TPSA) is 125 Å². The van der Waals surface area contributed by atoms with Gasteiger partial charge >= 0.3 is 12.0 Å². The molecule has 8 nitrogen and oxygen atoms in total. The maximum absolute atomic E-state index is 11.1. The number of hydrogen-bond acceptors (Lipinski definition) is 4. The lowest BCUT2D eigenvalue weighted by molar-refractivity contribution is -0.137. The number of carbonyl (C=O) groups excluding carboxylic acids is 1. The molecule has 9 heteroatoms. The minimum atomic E-state index is -3.23. The monoisotopic (exact) mass is 281 g/mol. The van der Waals surface area contributed by atoms with E-state index < -0.39 is 22.0 Å². The standard InChI is InChI=1S/C9H19N3O5S/c1-18(16,17)12-7-6-11-9(15)10-5-3-2-4-8(13)14/h12H,2-7H2,1H3,(H,13,14)(H2,10,11,15). The molecule has 2 amide bonds. The number of unbranched alkanes of at least 4 members (excludes halogenated alkanes) is 1. The van der Waals surface area contributed by atoms with Crippen LogP contribution in [0.1, 0.15) is 19.3 Å². The zero-order valence-electron chi connectivity index (χ0n) is 10.2. The number of carboxylic acids is 1. The maximum atomic E-state index is 11.1. The molecule has 0 bridgehead atoms. The molecule has 0 unspecified atom stereocenters. The van der Waals surface area contributed by atoms with Gasteiger partial charge in [-0.05, 0) is 12.8 Å². The Kier molecular flexibility index (Phi) is 8.05. The lowest BCUT2D eigenvalue weighted by atomic mass is 10.2. The molecule has 106 valence electrons. The van der Waals surface area contributed by atoms with Crippen molar-refractivity contribution < 1.29 is 23.1 Å². The summed E-state index contributed by atoms with van der Waals surface area (Å²) in [7, 11) is -3.23. The molecule has 0 aromatic carbocycles. The Bertz CT molecular complexity index is 368. The highest BCUT2D eigenvalue weighted by molar-refractivity contribution is 7.88. The molecule has 0 rings (SSSR count). The van der Waals surface area contributed by atoms with E-state index in [9.17, 15) is 18.0 Å². The predicted octanol–water partition coefficient (Wildman–Crippen LogP) is -0.910. The number of carbonyl (C=O) groups is 2. The van der Waals surface area contributed by atoms with Gasteiger partial charge in [-0.3, -0.25) is 4.79 Å². The Morgan fingerprint density at radius 1 is 1.06 bits per heavy atom. The fourth-order valence-corrected chi connectivity index (χ4v) is 1.55. The van der Waals surface area contributed by atoms with Gasteiger partial charge in [-0.15, -0.1) is 0 Å². The molecule has 0 aliphatic rings. The first-order valence-corrected chi connectivity index (χ1v) is 7.38. The van der Waals surface area contributed by atoms with E-state index in [1.165, 1.54) is 0 Å². The molecule has 0 radical (unpaired) electrons. The Labute approximate surface area is 106 Å². The molecule has 0 fully saturated rings. The molecule has 0 aliphatic carbocycles. The zero-order valence-corrected chi connectivity index (χ0v) is 11.0. The van der Waals surface area contributed by atoms with Crippen LogP contribution in [0.5, 0.6) is 0 Å². The average Bonchev–Trinajstić information content (AvgIpc) is 2.22. The van der Waals surface area contributed by atoms with Gasteiger partial charge in [0.05, 0.1) is 6.26 Å². The summed E-state index contributed by atoms with van der Waals surface area (Å²) < 4.78 is 23.6. The lowest BCUT2D eigenvalue weighted by Crippen LogP contribution is -2.40. The van der Waals surface area contributed by atoms with Crippen molar-refractivity contribution in [3.63, 3.8) is 0 Å². The summed E-state index contributed by atoms with van der Waals surface area (Å²) >= 11 is 0. The van der Waals surface area contributed by atoms with E-state index in [1.54, 1.807) is 0 Å². The van der Waals surface area contributed by atoms with Gasteiger partial charge < -0.3 is 15.7 Å². The van der Waals surface area contributed by atoms with Crippen LogP contribution in [0.4, 0.5) is 4.79 Å². The van der Waals surface area contributed by atoms with Crippen molar-refractivity contribution in [3.05, 3.63) is 0 Å². The summed E-state index contributed by atoms with van der Waals surface area (Å²) in [6, 6.07) is -0.402. The Balaban J connectivity index is 3.41. The van der Waals surface area contributed by atoms with Crippen LogP contribution in [0.3, 0.4) is 0 Å². The summed E-state index contributed by atoms with van der Waals surface area (Å²) in [5, 5.41) is 13.4. The van der Waals surface area contributed by atoms with Gasteiger partial charge in [0.25, 0.3) is 0 Å². The summed E-state index contributed by atoms with van der Waals surface area (Å²) in [5.74, 6) is -0.855. The Hall–Kier alpha value is -1.35. The molecule has 0 saturated heterocycles. The largest absolute Gasteiger partial charge is 0.481 e. The van der Waals surface area contributed by atoms with Gasteiger partial charge in [0.15, 0.2) is 0 Å². The maximum Gasteiger partial charge on any atom is 0.314 e. The number of rotatable bonds is 9. The fraction of sp³-hybridized carbons (Fsp3) is 0.778. The summed E-state index contributed by atoms with van der Waals surface area (Å²) in [6.07, 6.45) is 2.21. The molecule has 4 N–H and O–H groups in total. The van der Waals surface area contributed by atoms with Crippen molar-refractivity contribution in [3.8, 4) is 0 Å². The molecule has 0 spiro atoms. The van der Waals surface area contributed by atoms with E-state index in [2.05, 4.69) is 15.4 Å². The van der Waals surface area contributed by atoms with E-state index in [1.807, 2.05) is 0 Å². The Morgan fingerprint density at radius 3 is 2.22 bits per heavy atom. The number of sulfonamides is 1. The molecule has 0 aliphatic heterocycles. The molecule has 0 aromatic heterocycles. The van der Waals surface area contributed by atoms with E-state index in [-0.39, 0.29) is 19.5 Å². The van der Waals surface area contributed by atoms with Gasteiger partial charge in [0.2, 0.25) is 10.0 Å². The van der Waals surface area contributed by atoms with Crippen LogP contribution in [-0.2, 0) is 14.8 Å². The van der Waals surface area contributed by atoms with Gasteiger partial charge in [0.1, 0.15) is 0 Å². The van der Waals surface area contributed by atoms with Crippen LogP contribution in [0.15, 0.2) is 0 Å². The number of carboxylic acid groups (broad SMARTS) is 1. The van der Waals surface area contributed by atoms with Crippen molar-refractivity contribution in [2.45, 2.75) is 19.3 Å². The second-order valence-electron chi connectivity index (χ2n) is 3.70. The van der Waals surface area contributed by atoms with Crippen LogP contribution in [-0.4, -0.2) is 51.4 Å². The molecule has 0 heterocycles. The van der Waals surface area contributed by atoms with Crippen LogP contribution < -0.4 is 15.4 Å². The Morgan fingerprint density at radius 2 is 1.67 bits per heavy atom. The van der Waals surface area contributed by atoms with Crippen molar-refractivity contribution in [1.82, 2.24) is 15.4 Å². The lowest BCUT2D eigenvalue weighted by Gasteiger charge is -2.07. The number of amides is 2. The van der Waals surface area contributed by atoms with Crippen molar-refractivity contribution in [2.75, 3.05) is 25.9 Å². The third-order valence-electron chi connectivity index (χ3n) is 1.88. The van der Waals surface area contributed by atoms with Gasteiger partial charge in [-0.1, -0.05) is 0 Å². The quantitative estimate of drug-likeness (QED) is 0.407. The number of aliphatic carboxylic acids is 1. The van der Waals surface area contributed by atoms with E-state index in [4.69, 9.17) is 5.11 Å². The zero-order chi connectivity index (χ0) is 14.0.